The van der Waals surface area contributed by atoms with Crippen LogP contribution < -0.4 is 10.1 Å². The molecule has 1 fully saturated rings. The Morgan fingerprint density at radius 3 is 2.89 bits per heavy atom. The van der Waals surface area contributed by atoms with E-state index in [9.17, 15) is 4.79 Å². The third-order valence-electron chi connectivity index (χ3n) is 3.09. The van der Waals surface area contributed by atoms with E-state index in [4.69, 9.17) is 21.1 Å². The summed E-state index contributed by atoms with van der Waals surface area (Å²) in [6.07, 6.45) is 2.19. The first-order chi connectivity index (χ1) is 9.15. The highest BCUT2D eigenvalue weighted by Crippen LogP contribution is 2.16. The average Bonchev–Trinajstić information content (AvgIpc) is 2.92. The molecule has 1 saturated heterocycles. The van der Waals surface area contributed by atoms with Gasteiger partial charge in [0.05, 0.1) is 12.1 Å². The topological polar surface area (TPSA) is 47.6 Å². The van der Waals surface area contributed by atoms with E-state index in [0.29, 0.717) is 10.8 Å². The summed E-state index contributed by atoms with van der Waals surface area (Å²) in [6, 6.07) is 6.94. The summed E-state index contributed by atoms with van der Waals surface area (Å²) in [4.78, 5) is 11.7. The van der Waals surface area contributed by atoms with Gasteiger partial charge in [0.25, 0.3) is 5.91 Å². The Labute approximate surface area is 118 Å². The second kappa shape index (κ2) is 6.78. The van der Waals surface area contributed by atoms with Crippen LogP contribution in [0, 0.1) is 0 Å². The van der Waals surface area contributed by atoms with E-state index in [1.807, 2.05) is 6.92 Å². The lowest BCUT2D eigenvalue weighted by atomic mass is 10.1. The van der Waals surface area contributed by atoms with E-state index >= 15 is 0 Å². The zero-order chi connectivity index (χ0) is 13.7. The van der Waals surface area contributed by atoms with E-state index in [1.54, 1.807) is 24.3 Å². The van der Waals surface area contributed by atoms with Crippen LogP contribution in [-0.2, 0) is 9.53 Å². The Morgan fingerprint density at radius 2 is 2.26 bits per heavy atom. The van der Waals surface area contributed by atoms with Crippen LogP contribution >= 0.6 is 11.6 Å². The normalized spacial score (nSPS) is 20.0. The van der Waals surface area contributed by atoms with Crippen LogP contribution in [0.3, 0.4) is 0 Å². The SMILES string of the molecule is CC(NC(=O)COc1ccc(Cl)cc1)C1CCCO1. The van der Waals surface area contributed by atoms with Gasteiger partial charge >= 0.3 is 0 Å². The van der Waals surface area contributed by atoms with Gasteiger partial charge in [-0.25, -0.2) is 0 Å². The fraction of sp³-hybridized carbons (Fsp3) is 0.500. The highest BCUT2D eigenvalue weighted by atomic mass is 35.5. The predicted molar refractivity (Wildman–Crippen MR) is 73.5 cm³/mol. The Bertz CT molecular complexity index is 415. The maximum absolute atomic E-state index is 11.7. The van der Waals surface area contributed by atoms with E-state index in [1.165, 1.54) is 0 Å². The molecule has 1 aliphatic rings. The Balaban J connectivity index is 1.73. The molecule has 19 heavy (non-hydrogen) atoms. The minimum absolute atomic E-state index is 0.00130. The van der Waals surface area contributed by atoms with Crippen molar-refractivity contribution in [1.29, 1.82) is 0 Å². The number of halogens is 1. The van der Waals surface area contributed by atoms with E-state index in [0.717, 1.165) is 19.4 Å². The van der Waals surface area contributed by atoms with Crippen molar-refractivity contribution >= 4 is 17.5 Å². The predicted octanol–water partition coefficient (Wildman–Crippen LogP) is 2.40. The third kappa shape index (κ3) is 4.40. The van der Waals surface area contributed by atoms with Gasteiger partial charge in [0.1, 0.15) is 5.75 Å². The van der Waals surface area contributed by atoms with Crippen molar-refractivity contribution in [2.45, 2.75) is 31.9 Å². The number of nitrogens with one attached hydrogen (secondary N) is 1. The van der Waals surface area contributed by atoms with E-state index < -0.39 is 0 Å². The summed E-state index contributed by atoms with van der Waals surface area (Å²) in [5.41, 5.74) is 0. The summed E-state index contributed by atoms with van der Waals surface area (Å²) in [6.45, 7) is 2.74. The quantitative estimate of drug-likeness (QED) is 0.903. The molecule has 2 unspecified atom stereocenters. The van der Waals surface area contributed by atoms with E-state index in [-0.39, 0.29) is 24.7 Å². The minimum atomic E-state index is -0.141. The number of benzene rings is 1. The van der Waals surface area contributed by atoms with Gasteiger partial charge in [0.15, 0.2) is 6.61 Å². The zero-order valence-corrected chi connectivity index (χ0v) is 11.7. The molecule has 2 atom stereocenters. The molecular formula is C14H18ClNO3. The molecule has 0 bridgehead atoms. The summed E-state index contributed by atoms with van der Waals surface area (Å²) >= 11 is 5.77. The zero-order valence-electron chi connectivity index (χ0n) is 10.9. The summed E-state index contributed by atoms with van der Waals surface area (Å²) < 4.78 is 10.9. The second-order valence-corrected chi connectivity index (χ2v) is 5.09. The van der Waals surface area contributed by atoms with Crippen LogP contribution in [0.4, 0.5) is 0 Å². The van der Waals surface area contributed by atoms with Gasteiger partial charge in [0.2, 0.25) is 0 Å². The van der Waals surface area contributed by atoms with Crippen molar-refractivity contribution in [3.63, 3.8) is 0 Å². The third-order valence-corrected chi connectivity index (χ3v) is 3.35. The van der Waals surface area contributed by atoms with Gasteiger partial charge in [-0.2, -0.15) is 0 Å². The summed E-state index contributed by atoms with van der Waals surface area (Å²) in [5.74, 6) is 0.488. The first kappa shape index (κ1) is 14.2. The van der Waals surface area contributed by atoms with Gasteiger partial charge in [-0.3, -0.25) is 4.79 Å². The molecular weight excluding hydrogens is 266 g/mol. The average molecular weight is 284 g/mol. The number of ether oxygens (including phenoxy) is 2. The molecule has 1 N–H and O–H groups in total. The fourth-order valence-electron chi connectivity index (χ4n) is 2.07. The van der Waals surface area contributed by atoms with Crippen LogP contribution in [0.2, 0.25) is 5.02 Å². The highest BCUT2D eigenvalue weighted by Gasteiger charge is 2.23. The lowest BCUT2D eigenvalue weighted by Gasteiger charge is -2.20. The van der Waals surface area contributed by atoms with Gasteiger partial charge in [0, 0.05) is 11.6 Å². The van der Waals surface area contributed by atoms with E-state index in [2.05, 4.69) is 5.32 Å². The maximum Gasteiger partial charge on any atom is 0.258 e. The number of carbonyl (C=O) groups is 1. The number of hydrogen-bond acceptors (Lipinski definition) is 3. The van der Waals surface area contributed by atoms with Crippen molar-refractivity contribution in [1.82, 2.24) is 5.32 Å². The van der Waals surface area contributed by atoms with Crippen molar-refractivity contribution in [3.05, 3.63) is 29.3 Å². The smallest absolute Gasteiger partial charge is 0.258 e. The van der Waals surface area contributed by atoms with Crippen LogP contribution in [0.15, 0.2) is 24.3 Å². The van der Waals surface area contributed by atoms with Crippen molar-refractivity contribution in [2.24, 2.45) is 0 Å². The minimum Gasteiger partial charge on any atom is -0.484 e. The van der Waals surface area contributed by atoms with Crippen LogP contribution in [0.5, 0.6) is 5.75 Å². The number of amides is 1. The molecule has 1 aromatic carbocycles. The van der Waals surface area contributed by atoms with Crippen LogP contribution in [0.25, 0.3) is 0 Å². The lowest BCUT2D eigenvalue weighted by molar-refractivity contribution is -0.124. The standard InChI is InChI=1S/C14H18ClNO3/c1-10(13-3-2-8-18-13)16-14(17)9-19-12-6-4-11(15)5-7-12/h4-7,10,13H,2-3,8-9H2,1H3,(H,16,17). The lowest BCUT2D eigenvalue weighted by Crippen LogP contribution is -2.42. The van der Waals surface area contributed by atoms with Crippen molar-refractivity contribution in [3.8, 4) is 5.75 Å². The molecule has 0 aliphatic carbocycles. The summed E-state index contributed by atoms with van der Waals surface area (Å²) in [7, 11) is 0. The van der Waals surface area contributed by atoms with Gasteiger partial charge in [-0.05, 0) is 44.0 Å². The maximum atomic E-state index is 11.7. The molecule has 1 amide bonds. The van der Waals surface area contributed by atoms with Crippen molar-refractivity contribution in [2.75, 3.05) is 13.2 Å². The van der Waals surface area contributed by atoms with Crippen LogP contribution in [-0.4, -0.2) is 31.3 Å². The largest absolute Gasteiger partial charge is 0.484 e. The molecule has 0 saturated carbocycles. The molecule has 0 aromatic heterocycles. The molecule has 0 spiro atoms. The molecule has 1 aliphatic heterocycles. The van der Waals surface area contributed by atoms with Gasteiger partial charge < -0.3 is 14.8 Å². The molecule has 5 heteroatoms. The fourth-order valence-corrected chi connectivity index (χ4v) is 2.19. The molecule has 1 heterocycles. The second-order valence-electron chi connectivity index (χ2n) is 4.65. The van der Waals surface area contributed by atoms with Gasteiger partial charge in [-0.1, -0.05) is 11.6 Å². The first-order valence-corrected chi connectivity index (χ1v) is 6.82. The number of carbonyl (C=O) groups excluding carboxylic acids is 1. The van der Waals surface area contributed by atoms with Crippen LogP contribution in [0.1, 0.15) is 19.8 Å². The Morgan fingerprint density at radius 1 is 1.53 bits per heavy atom. The Hall–Kier alpha value is -1.26. The molecule has 0 radical (unpaired) electrons. The molecule has 1 aromatic rings. The van der Waals surface area contributed by atoms with Gasteiger partial charge in [-0.15, -0.1) is 0 Å². The molecule has 2 rings (SSSR count). The monoisotopic (exact) mass is 283 g/mol. The highest BCUT2D eigenvalue weighted by molar-refractivity contribution is 6.30. The van der Waals surface area contributed by atoms with Crippen molar-refractivity contribution < 1.29 is 14.3 Å². The molecule has 104 valence electrons. The number of hydrogen-bond donors (Lipinski definition) is 1. The Kier molecular flexibility index (Phi) is 5.05. The summed E-state index contributed by atoms with van der Waals surface area (Å²) in [5, 5.41) is 3.53. The first-order valence-electron chi connectivity index (χ1n) is 6.44. The molecule has 4 nitrogen and oxygen atoms in total. The number of rotatable bonds is 5.